The topological polar surface area (TPSA) is 47.9 Å². The van der Waals surface area contributed by atoms with E-state index in [1.807, 2.05) is 11.0 Å². The number of amides is 1. The normalized spacial score (nSPS) is 17.5. The van der Waals surface area contributed by atoms with Crippen LogP contribution < -0.4 is 5.32 Å². The van der Waals surface area contributed by atoms with Gasteiger partial charge in [0, 0.05) is 33.2 Å². The first kappa shape index (κ1) is 18.0. The van der Waals surface area contributed by atoms with Crippen LogP contribution in [-0.4, -0.2) is 54.9 Å². The van der Waals surface area contributed by atoms with Crippen molar-refractivity contribution in [2.24, 2.45) is 4.99 Å². The van der Waals surface area contributed by atoms with E-state index in [1.165, 1.54) is 24.0 Å². The van der Waals surface area contributed by atoms with Gasteiger partial charge in [-0.2, -0.15) is 0 Å². The van der Waals surface area contributed by atoms with Gasteiger partial charge in [-0.15, -0.1) is 24.0 Å². The van der Waals surface area contributed by atoms with Crippen molar-refractivity contribution in [2.75, 3.05) is 33.2 Å². The van der Waals surface area contributed by atoms with E-state index >= 15 is 0 Å². The van der Waals surface area contributed by atoms with Gasteiger partial charge in [0.15, 0.2) is 5.96 Å². The molecule has 3 rings (SSSR count). The number of fused-ring (bicyclic) bond motifs is 1. The second kappa shape index (κ2) is 8.52. The SMILES string of the molecule is CN=C(NCC(=O)N1CCc2ccccc2C1)N1CCCC1.I. The van der Waals surface area contributed by atoms with Gasteiger partial charge in [-0.3, -0.25) is 9.79 Å². The number of likely N-dealkylation sites (tertiary alicyclic amines) is 1. The largest absolute Gasteiger partial charge is 0.347 e. The molecule has 0 unspecified atom stereocenters. The summed E-state index contributed by atoms with van der Waals surface area (Å²) >= 11 is 0. The summed E-state index contributed by atoms with van der Waals surface area (Å²) in [5.41, 5.74) is 2.64. The molecule has 23 heavy (non-hydrogen) atoms. The van der Waals surface area contributed by atoms with Crippen molar-refractivity contribution in [1.29, 1.82) is 0 Å². The van der Waals surface area contributed by atoms with Crippen molar-refractivity contribution < 1.29 is 4.79 Å². The van der Waals surface area contributed by atoms with Crippen LogP contribution in [0.15, 0.2) is 29.3 Å². The molecule has 1 amide bonds. The Morgan fingerprint density at radius 3 is 2.52 bits per heavy atom. The highest BCUT2D eigenvalue weighted by atomic mass is 127. The van der Waals surface area contributed by atoms with Crippen molar-refractivity contribution in [1.82, 2.24) is 15.1 Å². The first-order valence-corrected chi connectivity index (χ1v) is 8.08. The Bertz CT molecular complexity index is 569. The third-order valence-corrected chi connectivity index (χ3v) is 4.50. The number of guanidine groups is 1. The fourth-order valence-corrected chi connectivity index (χ4v) is 3.24. The van der Waals surface area contributed by atoms with Crippen molar-refractivity contribution in [3.63, 3.8) is 0 Å². The van der Waals surface area contributed by atoms with Crippen molar-refractivity contribution in [3.8, 4) is 0 Å². The molecule has 0 spiro atoms. The maximum absolute atomic E-state index is 12.4. The lowest BCUT2D eigenvalue weighted by Crippen LogP contribution is -2.46. The van der Waals surface area contributed by atoms with Crippen LogP contribution in [0.1, 0.15) is 24.0 Å². The average molecular weight is 428 g/mol. The number of hydrogen-bond acceptors (Lipinski definition) is 2. The third-order valence-electron chi connectivity index (χ3n) is 4.50. The van der Waals surface area contributed by atoms with Crippen LogP contribution >= 0.6 is 24.0 Å². The van der Waals surface area contributed by atoms with Gasteiger partial charge in [-0.25, -0.2) is 0 Å². The highest BCUT2D eigenvalue weighted by Gasteiger charge is 2.21. The molecular formula is C17H25IN4O. The van der Waals surface area contributed by atoms with Crippen LogP contribution in [0.25, 0.3) is 0 Å². The van der Waals surface area contributed by atoms with Gasteiger partial charge >= 0.3 is 0 Å². The number of carbonyl (C=O) groups excluding carboxylic acids is 1. The molecule has 0 aliphatic carbocycles. The van der Waals surface area contributed by atoms with E-state index in [1.54, 1.807) is 7.05 Å². The molecule has 0 atom stereocenters. The van der Waals surface area contributed by atoms with Crippen LogP contribution in [0.4, 0.5) is 0 Å². The maximum Gasteiger partial charge on any atom is 0.242 e. The standard InChI is InChI=1S/C17H24N4O.HI/c1-18-17(20-9-4-5-10-20)19-12-16(22)21-11-8-14-6-2-3-7-15(14)13-21;/h2-3,6-7H,4-5,8-13H2,1H3,(H,18,19);1H. The fourth-order valence-electron chi connectivity index (χ4n) is 3.24. The summed E-state index contributed by atoms with van der Waals surface area (Å²) in [6.07, 6.45) is 3.36. The molecule has 6 heteroatoms. The minimum Gasteiger partial charge on any atom is -0.347 e. The van der Waals surface area contributed by atoms with E-state index in [4.69, 9.17) is 0 Å². The molecule has 0 aromatic heterocycles. The number of hydrogen-bond donors (Lipinski definition) is 1. The minimum absolute atomic E-state index is 0. The number of rotatable bonds is 2. The summed E-state index contributed by atoms with van der Waals surface area (Å²) in [6.45, 7) is 3.92. The Labute approximate surface area is 155 Å². The predicted octanol–water partition coefficient (Wildman–Crippen LogP) is 1.86. The zero-order chi connectivity index (χ0) is 15.4. The van der Waals surface area contributed by atoms with Gasteiger partial charge in [0.05, 0.1) is 6.54 Å². The summed E-state index contributed by atoms with van der Waals surface area (Å²) in [6, 6.07) is 8.38. The first-order valence-electron chi connectivity index (χ1n) is 8.08. The second-order valence-corrected chi connectivity index (χ2v) is 5.93. The summed E-state index contributed by atoms with van der Waals surface area (Å²) < 4.78 is 0. The molecule has 5 nitrogen and oxygen atoms in total. The Morgan fingerprint density at radius 1 is 1.13 bits per heavy atom. The van der Waals surface area contributed by atoms with Crippen LogP contribution in [0, 0.1) is 0 Å². The van der Waals surface area contributed by atoms with Gasteiger partial charge in [0.1, 0.15) is 0 Å². The molecule has 1 N–H and O–H groups in total. The molecule has 2 aliphatic heterocycles. The number of halogens is 1. The van der Waals surface area contributed by atoms with Crippen molar-refractivity contribution in [3.05, 3.63) is 35.4 Å². The van der Waals surface area contributed by atoms with Gasteiger partial charge in [0.2, 0.25) is 5.91 Å². The third kappa shape index (κ3) is 4.37. The van der Waals surface area contributed by atoms with E-state index in [-0.39, 0.29) is 29.9 Å². The minimum atomic E-state index is 0. The molecule has 0 radical (unpaired) electrons. The summed E-state index contributed by atoms with van der Waals surface area (Å²) in [7, 11) is 1.78. The molecule has 1 fully saturated rings. The Morgan fingerprint density at radius 2 is 1.83 bits per heavy atom. The Hall–Kier alpha value is -1.31. The maximum atomic E-state index is 12.4. The Kier molecular flexibility index (Phi) is 6.68. The van der Waals surface area contributed by atoms with Gasteiger partial charge in [-0.05, 0) is 30.4 Å². The quantitative estimate of drug-likeness (QED) is 0.445. The smallest absolute Gasteiger partial charge is 0.242 e. The molecule has 126 valence electrons. The lowest BCUT2D eigenvalue weighted by Gasteiger charge is -2.29. The van der Waals surface area contributed by atoms with E-state index < -0.39 is 0 Å². The summed E-state index contributed by atoms with van der Waals surface area (Å²) in [4.78, 5) is 20.9. The number of aliphatic imine (C=N–C) groups is 1. The zero-order valence-corrected chi connectivity index (χ0v) is 16.0. The van der Waals surface area contributed by atoms with Gasteiger partial charge < -0.3 is 15.1 Å². The predicted molar refractivity (Wildman–Crippen MR) is 103 cm³/mol. The van der Waals surface area contributed by atoms with Crippen LogP contribution in [0.2, 0.25) is 0 Å². The Balaban J connectivity index is 0.00000192. The number of benzene rings is 1. The number of carbonyl (C=O) groups is 1. The van der Waals surface area contributed by atoms with Crippen LogP contribution in [0.5, 0.6) is 0 Å². The summed E-state index contributed by atoms with van der Waals surface area (Å²) in [5, 5.41) is 3.22. The van der Waals surface area contributed by atoms with E-state index in [0.29, 0.717) is 6.54 Å². The average Bonchev–Trinajstić information content (AvgIpc) is 3.09. The highest BCUT2D eigenvalue weighted by molar-refractivity contribution is 14.0. The van der Waals surface area contributed by atoms with Gasteiger partial charge in [0.25, 0.3) is 0 Å². The number of nitrogens with one attached hydrogen (secondary N) is 1. The zero-order valence-electron chi connectivity index (χ0n) is 13.6. The van der Waals surface area contributed by atoms with E-state index in [9.17, 15) is 4.79 Å². The van der Waals surface area contributed by atoms with Crippen molar-refractivity contribution in [2.45, 2.75) is 25.8 Å². The molecule has 0 saturated carbocycles. The fraction of sp³-hybridized carbons (Fsp3) is 0.529. The molecular weight excluding hydrogens is 403 g/mol. The number of nitrogens with zero attached hydrogens (tertiary/aromatic N) is 3. The lowest BCUT2D eigenvalue weighted by molar-refractivity contribution is -0.130. The van der Waals surface area contributed by atoms with E-state index in [2.05, 4.69) is 33.4 Å². The van der Waals surface area contributed by atoms with Crippen LogP contribution in [-0.2, 0) is 17.8 Å². The molecule has 0 bridgehead atoms. The molecule has 1 aromatic rings. The molecule has 2 aliphatic rings. The van der Waals surface area contributed by atoms with Crippen LogP contribution in [0.3, 0.4) is 0 Å². The molecule has 1 aromatic carbocycles. The first-order chi connectivity index (χ1) is 10.8. The van der Waals surface area contributed by atoms with Crippen molar-refractivity contribution >= 4 is 35.8 Å². The van der Waals surface area contributed by atoms with E-state index in [0.717, 1.165) is 38.6 Å². The second-order valence-electron chi connectivity index (χ2n) is 5.93. The lowest BCUT2D eigenvalue weighted by atomic mass is 10.00. The monoisotopic (exact) mass is 428 g/mol. The summed E-state index contributed by atoms with van der Waals surface area (Å²) in [5.74, 6) is 0.998. The van der Waals surface area contributed by atoms with Gasteiger partial charge in [-0.1, -0.05) is 24.3 Å². The molecule has 1 saturated heterocycles. The highest BCUT2D eigenvalue weighted by Crippen LogP contribution is 2.18. The molecule has 2 heterocycles.